The Kier molecular flexibility index (Phi) is 3.50. The topological polar surface area (TPSA) is 50.4 Å². The van der Waals surface area contributed by atoms with Crippen LogP contribution < -0.4 is 10.6 Å². The van der Waals surface area contributed by atoms with Crippen LogP contribution in [0.25, 0.3) is 0 Å². The average Bonchev–Trinajstić information content (AvgIpc) is 2.16. The Hall–Kier alpha value is -0.610. The predicted molar refractivity (Wildman–Crippen MR) is 55.1 cm³/mol. The van der Waals surface area contributed by atoms with Crippen molar-refractivity contribution in [2.24, 2.45) is 5.41 Å². The van der Waals surface area contributed by atoms with Gasteiger partial charge in [0.25, 0.3) is 0 Å². The van der Waals surface area contributed by atoms with Crippen molar-refractivity contribution < 1.29 is 9.53 Å². The molecule has 2 N–H and O–H groups in total. The number of ether oxygens (including phenoxy) is 1. The molecule has 0 aromatic rings. The molecule has 0 aliphatic heterocycles. The van der Waals surface area contributed by atoms with Crippen LogP contribution in [-0.4, -0.2) is 38.8 Å². The van der Waals surface area contributed by atoms with E-state index in [-0.39, 0.29) is 11.3 Å². The van der Waals surface area contributed by atoms with E-state index in [1.54, 1.807) is 14.2 Å². The molecule has 0 bridgehead atoms. The van der Waals surface area contributed by atoms with Gasteiger partial charge in [-0.1, -0.05) is 13.8 Å². The Morgan fingerprint density at radius 3 is 2.64 bits per heavy atom. The van der Waals surface area contributed by atoms with Gasteiger partial charge < -0.3 is 15.4 Å². The van der Waals surface area contributed by atoms with E-state index in [0.29, 0.717) is 18.7 Å². The van der Waals surface area contributed by atoms with Gasteiger partial charge >= 0.3 is 0 Å². The highest BCUT2D eigenvalue weighted by Gasteiger charge is 2.48. The summed E-state index contributed by atoms with van der Waals surface area (Å²) in [6.07, 6.45) is 1.30. The van der Waals surface area contributed by atoms with Gasteiger partial charge in [-0.3, -0.25) is 4.79 Å². The molecule has 2 unspecified atom stereocenters. The van der Waals surface area contributed by atoms with Crippen LogP contribution in [0.15, 0.2) is 0 Å². The van der Waals surface area contributed by atoms with Crippen molar-refractivity contribution in [2.45, 2.75) is 32.4 Å². The van der Waals surface area contributed by atoms with Crippen molar-refractivity contribution >= 4 is 5.91 Å². The fourth-order valence-electron chi connectivity index (χ4n) is 1.94. The first-order valence-electron chi connectivity index (χ1n) is 4.99. The number of rotatable bonds is 4. The van der Waals surface area contributed by atoms with E-state index in [1.165, 1.54) is 0 Å². The highest BCUT2D eigenvalue weighted by Crippen LogP contribution is 2.42. The fourth-order valence-corrected chi connectivity index (χ4v) is 1.94. The van der Waals surface area contributed by atoms with Crippen LogP contribution >= 0.6 is 0 Å². The quantitative estimate of drug-likeness (QED) is 0.678. The zero-order valence-corrected chi connectivity index (χ0v) is 9.39. The van der Waals surface area contributed by atoms with Crippen LogP contribution in [-0.2, 0) is 9.53 Å². The molecule has 14 heavy (non-hydrogen) atoms. The van der Waals surface area contributed by atoms with Gasteiger partial charge in [0.2, 0.25) is 5.91 Å². The number of carbonyl (C=O) groups excluding carboxylic acids is 1. The monoisotopic (exact) mass is 200 g/mol. The maximum absolute atomic E-state index is 11.0. The molecular weight excluding hydrogens is 180 g/mol. The van der Waals surface area contributed by atoms with Crippen molar-refractivity contribution in [2.75, 3.05) is 20.7 Å². The minimum Gasteiger partial charge on any atom is -0.381 e. The van der Waals surface area contributed by atoms with E-state index in [4.69, 9.17) is 4.74 Å². The van der Waals surface area contributed by atoms with E-state index in [9.17, 15) is 4.79 Å². The molecule has 4 heteroatoms. The summed E-state index contributed by atoms with van der Waals surface area (Å²) >= 11 is 0. The molecule has 82 valence electrons. The molecule has 0 spiro atoms. The second-order valence-corrected chi connectivity index (χ2v) is 4.39. The van der Waals surface area contributed by atoms with E-state index in [1.807, 2.05) is 0 Å². The summed E-state index contributed by atoms with van der Waals surface area (Å²) in [5.74, 6) is 0.0293. The van der Waals surface area contributed by atoms with Gasteiger partial charge in [0.1, 0.15) is 0 Å². The van der Waals surface area contributed by atoms with Gasteiger partial charge in [-0.05, 0) is 6.42 Å². The molecule has 1 aliphatic rings. The molecule has 1 rings (SSSR count). The minimum absolute atomic E-state index is 0.0293. The summed E-state index contributed by atoms with van der Waals surface area (Å²) in [5.41, 5.74) is 0.128. The highest BCUT2D eigenvalue weighted by atomic mass is 16.5. The van der Waals surface area contributed by atoms with E-state index in [0.717, 1.165) is 6.42 Å². The first-order valence-corrected chi connectivity index (χ1v) is 4.99. The Morgan fingerprint density at radius 2 is 2.21 bits per heavy atom. The standard InChI is InChI=1S/C10H20N2O2/c1-10(2)7(5-8(10)14-4)12-6-9(13)11-3/h7-8,12H,5-6H2,1-4H3,(H,11,13). The second kappa shape index (κ2) is 4.28. The largest absolute Gasteiger partial charge is 0.381 e. The van der Waals surface area contributed by atoms with Crippen LogP contribution in [0.1, 0.15) is 20.3 Å². The number of likely N-dealkylation sites (N-methyl/N-ethyl adjacent to an activating group) is 1. The Labute approximate surface area is 85.4 Å². The number of nitrogens with one attached hydrogen (secondary N) is 2. The number of methoxy groups -OCH3 is 1. The molecular formula is C10H20N2O2. The molecule has 0 saturated heterocycles. The summed E-state index contributed by atoms with van der Waals surface area (Å²) in [6.45, 7) is 4.71. The smallest absolute Gasteiger partial charge is 0.233 e. The minimum atomic E-state index is 0.0293. The normalized spacial score (nSPS) is 29.4. The first-order chi connectivity index (χ1) is 6.52. The van der Waals surface area contributed by atoms with Gasteiger partial charge in [0.05, 0.1) is 12.6 Å². The average molecular weight is 200 g/mol. The number of amides is 1. The second-order valence-electron chi connectivity index (χ2n) is 4.39. The highest BCUT2D eigenvalue weighted by molar-refractivity contribution is 5.77. The van der Waals surface area contributed by atoms with Crippen molar-refractivity contribution in [1.29, 1.82) is 0 Å². The zero-order chi connectivity index (χ0) is 10.8. The van der Waals surface area contributed by atoms with Crippen LogP contribution in [0.5, 0.6) is 0 Å². The molecule has 2 atom stereocenters. The summed E-state index contributed by atoms with van der Waals surface area (Å²) in [4.78, 5) is 11.0. The SMILES string of the molecule is CNC(=O)CNC1CC(OC)C1(C)C. The third kappa shape index (κ3) is 2.07. The van der Waals surface area contributed by atoms with E-state index in [2.05, 4.69) is 24.5 Å². The van der Waals surface area contributed by atoms with Crippen LogP contribution in [0, 0.1) is 5.41 Å². The molecule has 1 saturated carbocycles. The van der Waals surface area contributed by atoms with Crippen LogP contribution in [0.2, 0.25) is 0 Å². The first kappa shape index (κ1) is 11.5. The third-order valence-electron chi connectivity index (χ3n) is 3.25. The Morgan fingerprint density at radius 1 is 1.57 bits per heavy atom. The maximum Gasteiger partial charge on any atom is 0.233 e. The molecule has 0 aromatic heterocycles. The molecule has 0 radical (unpaired) electrons. The molecule has 1 fully saturated rings. The number of hydrogen-bond donors (Lipinski definition) is 2. The lowest BCUT2D eigenvalue weighted by molar-refractivity contribution is -0.123. The summed E-state index contributed by atoms with van der Waals surface area (Å²) in [6, 6.07) is 0.379. The van der Waals surface area contributed by atoms with Crippen molar-refractivity contribution in [3.63, 3.8) is 0 Å². The van der Waals surface area contributed by atoms with Crippen molar-refractivity contribution in [3.8, 4) is 0 Å². The lowest BCUT2D eigenvalue weighted by Gasteiger charge is -2.51. The maximum atomic E-state index is 11.0. The lowest BCUT2D eigenvalue weighted by Crippen LogP contribution is -2.61. The van der Waals surface area contributed by atoms with Crippen LogP contribution in [0.4, 0.5) is 0 Å². The predicted octanol–water partition coefficient (Wildman–Crippen LogP) is 0.135. The number of hydrogen-bond acceptors (Lipinski definition) is 3. The third-order valence-corrected chi connectivity index (χ3v) is 3.25. The molecule has 4 nitrogen and oxygen atoms in total. The summed E-state index contributed by atoms with van der Waals surface area (Å²) in [5, 5.41) is 5.82. The van der Waals surface area contributed by atoms with Crippen molar-refractivity contribution in [3.05, 3.63) is 0 Å². The van der Waals surface area contributed by atoms with Gasteiger partial charge in [-0.25, -0.2) is 0 Å². The molecule has 0 aromatic carbocycles. The molecule has 1 amide bonds. The summed E-state index contributed by atoms with van der Waals surface area (Å²) in [7, 11) is 3.38. The summed E-state index contributed by atoms with van der Waals surface area (Å²) < 4.78 is 5.32. The Balaban J connectivity index is 2.32. The van der Waals surface area contributed by atoms with Gasteiger partial charge in [-0.2, -0.15) is 0 Å². The Bertz CT molecular complexity index is 216. The van der Waals surface area contributed by atoms with Gasteiger partial charge in [0, 0.05) is 25.6 Å². The molecule has 1 aliphatic carbocycles. The lowest BCUT2D eigenvalue weighted by atomic mass is 9.64. The zero-order valence-electron chi connectivity index (χ0n) is 9.39. The fraction of sp³-hybridized carbons (Fsp3) is 0.900. The number of carbonyl (C=O) groups is 1. The van der Waals surface area contributed by atoms with E-state index >= 15 is 0 Å². The van der Waals surface area contributed by atoms with E-state index < -0.39 is 0 Å². The van der Waals surface area contributed by atoms with Gasteiger partial charge in [0.15, 0.2) is 0 Å². The molecule has 0 heterocycles. The van der Waals surface area contributed by atoms with Gasteiger partial charge in [-0.15, -0.1) is 0 Å². The van der Waals surface area contributed by atoms with Crippen molar-refractivity contribution in [1.82, 2.24) is 10.6 Å². The van der Waals surface area contributed by atoms with Crippen LogP contribution in [0.3, 0.4) is 0 Å².